The summed E-state index contributed by atoms with van der Waals surface area (Å²) in [5, 5.41) is 1.71. The Labute approximate surface area is 111 Å². The van der Waals surface area contributed by atoms with Crippen LogP contribution in [-0.2, 0) is 14.8 Å². The Balaban J connectivity index is 2.35. The molecule has 2 aromatic carbocycles. The maximum Gasteiger partial charge on any atom is 0.421 e. The molecular weight excluding hydrogens is 266 g/mol. The van der Waals surface area contributed by atoms with Crippen LogP contribution >= 0.6 is 0 Å². The topological polar surface area (TPSA) is 72.5 Å². The average molecular weight is 279 g/mol. The molecule has 1 amide bonds. The van der Waals surface area contributed by atoms with Gasteiger partial charge in [-0.25, -0.2) is 17.9 Å². The van der Waals surface area contributed by atoms with Gasteiger partial charge in [0, 0.05) is 0 Å². The van der Waals surface area contributed by atoms with E-state index >= 15 is 0 Å². The Hall–Kier alpha value is -2.08. The van der Waals surface area contributed by atoms with E-state index in [4.69, 9.17) is 0 Å². The molecule has 0 aliphatic heterocycles. The average Bonchev–Trinajstić information content (AvgIpc) is 2.37. The molecule has 6 heteroatoms. The van der Waals surface area contributed by atoms with Crippen LogP contribution in [0.15, 0.2) is 47.4 Å². The number of carbonyl (C=O) groups is 1. The molecule has 0 aliphatic rings. The van der Waals surface area contributed by atoms with Crippen LogP contribution in [0.2, 0.25) is 0 Å². The van der Waals surface area contributed by atoms with Crippen molar-refractivity contribution in [3.05, 3.63) is 42.5 Å². The summed E-state index contributed by atoms with van der Waals surface area (Å²) >= 11 is 0. The van der Waals surface area contributed by atoms with Gasteiger partial charge in [-0.1, -0.05) is 30.3 Å². The van der Waals surface area contributed by atoms with Gasteiger partial charge in [-0.2, -0.15) is 0 Å². The Bertz CT molecular complexity index is 709. The van der Waals surface area contributed by atoms with Crippen LogP contribution in [0.25, 0.3) is 10.8 Å². The van der Waals surface area contributed by atoms with Crippen LogP contribution in [0.5, 0.6) is 0 Å². The minimum Gasteiger partial charge on any atom is -0.449 e. The van der Waals surface area contributed by atoms with Crippen molar-refractivity contribution in [1.29, 1.82) is 0 Å². The number of carbonyl (C=O) groups excluding carboxylic acids is 1. The van der Waals surface area contributed by atoms with E-state index in [9.17, 15) is 13.2 Å². The SMILES string of the molecule is CCOC(=O)NS(=O)(=O)c1ccc2ccccc2c1. The number of rotatable bonds is 3. The third kappa shape index (κ3) is 3.03. The molecule has 0 radical (unpaired) electrons. The molecule has 0 heterocycles. The van der Waals surface area contributed by atoms with Crippen molar-refractivity contribution in [1.82, 2.24) is 4.72 Å². The number of fused-ring (bicyclic) bond motifs is 1. The molecule has 1 N–H and O–H groups in total. The van der Waals surface area contributed by atoms with Crippen LogP contribution in [0.4, 0.5) is 4.79 Å². The fourth-order valence-corrected chi connectivity index (χ4v) is 2.59. The monoisotopic (exact) mass is 279 g/mol. The molecular formula is C13H13NO4S. The predicted molar refractivity (Wildman–Crippen MR) is 71.3 cm³/mol. The third-order valence-corrected chi connectivity index (χ3v) is 3.83. The summed E-state index contributed by atoms with van der Waals surface area (Å²) in [6, 6.07) is 12.0. The summed E-state index contributed by atoms with van der Waals surface area (Å²) in [5.41, 5.74) is 0. The zero-order chi connectivity index (χ0) is 13.9. The molecule has 0 aromatic heterocycles. The van der Waals surface area contributed by atoms with E-state index in [1.165, 1.54) is 12.1 Å². The molecule has 19 heavy (non-hydrogen) atoms. The summed E-state index contributed by atoms with van der Waals surface area (Å²) in [6.45, 7) is 1.71. The predicted octanol–water partition coefficient (Wildman–Crippen LogP) is 2.27. The number of hydrogen-bond donors (Lipinski definition) is 1. The minimum atomic E-state index is -3.90. The molecule has 0 aliphatic carbocycles. The van der Waals surface area contributed by atoms with Crippen molar-refractivity contribution >= 4 is 26.9 Å². The molecule has 0 bridgehead atoms. The number of nitrogens with one attached hydrogen (secondary N) is 1. The highest BCUT2D eigenvalue weighted by atomic mass is 32.2. The molecule has 0 saturated heterocycles. The standard InChI is InChI=1S/C13H13NO4S/c1-2-18-13(15)14-19(16,17)12-8-7-10-5-3-4-6-11(10)9-12/h3-9H,2H2,1H3,(H,14,15). The molecule has 0 atom stereocenters. The number of ether oxygens (including phenoxy) is 1. The smallest absolute Gasteiger partial charge is 0.421 e. The first-order valence-electron chi connectivity index (χ1n) is 5.71. The van der Waals surface area contributed by atoms with Gasteiger partial charge in [0.25, 0.3) is 10.0 Å². The normalized spacial score (nSPS) is 11.2. The van der Waals surface area contributed by atoms with E-state index < -0.39 is 16.1 Å². The highest BCUT2D eigenvalue weighted by Crippen LogP contribution is 2.18. The maximum absolute atomic E-state index is 11.9. The van der Waals surface area contributed by atoms with Gasteiger partial charge in [-0.05, 0) is 29.8 Å². The van der Waals surface area contributed by atoms with Gasteiger partial charge in [0.2, 0.25) is 0 Å². The minimum absolute atomic E-state index is 0.0271. The lowest BCUT2D eigenvalue weighted by Crippen LogP contribution is -2.31. The number of hydrogen-bond acceptors (Lipinski definition) is 4. The Morgan fingerprint density at radius 3 is 2.53 bits per heavy atom. The third-order valence-electron chi connectivity index (χ3n) is 2.52. The molecule has 0 saturated carbocycles. The summed E-state index contributed by atoms with van der Waals surface area (Å²) < 4.78 is 30.3. The highest BCUT2D eigenvalue weighted by Gasteiger charge is 2.18. The number of sulfonamides is 1. The summed E-state index contributed by atoms with van der Waals surface area (Å²) in [5.74, 6) is 0. The molecule has 2 aromatic rings. The van der Waals surface area contributed by atoms with E-state index in [2.05, 4.69) is 4.74 Å². The summed E-state index contributed by atoms with van der Waals surface area (Å²) in [6.07, 6.45) is -0.976. The summed E-state index contributed by atoms with van der Waals surface area (Å²) in [7, 11) is -3.90. The van der Waals surface area contributed by atoms with Crippen molar-refractivity contribution in [3.63, 3.8) is 0 Å². The van der Waals surface area contributed by atoms with E-state index in [-0.39, 0.29) is 11.5 Å². The number of benzene rings is 2. The van der Waals surface area contributed by atoms with E-state index in [0.29, 0.717) is 0 Å². The largest absolute Gasteiger partial charge is 0.449 e. The first-order chi connectivity index (χ1) is 9.03. The van der Waals surface area contributed by atoms with E-state index in [0.717, 1.165) is 10.8 Å². The lowest BCUT2D eigenvalue weighted by atomic mass is 10.1. The van der Waals surface area contributed by atoms with Gasteiger partial charge < -0.3 is 4.74 Å². The van der Waals surface area contributed by atoms with Crippen LogP contribution in [0, 0.1) is 0 Å². The molecule has 0 spiro atoms. The maximum atomic E-state index is 11.9. The van der Waals surface area contributed by atoms with Gasteiger partial charge in [-0.3, -0.25) is 0 Å². The van der Waals surface area contributed by atoms with Crippen molar-refractivity contribution in [3.8, 4) is 0 Å². The van der Waals surface area contributed by atoms with Crippen LogP contribution < -0.4 is 4.72 Å². The van der Waals surface area contributed by atoms with Gasteiger partial charge in [0.15, 0.2) is 0 Å². The van der Waals surface area contributed by atoms with Crippen molar-refractivity contribution in [2.45, 2.75) is 11.8 Å². The molecule has 0 unspecified atom stereocenters. The second-order valence-electron chi connectivity index (χ2n) is 3.83. The van der Waals surface area contributed by atoms with Crippen LogP contribution in [0.3, 0.4) is 0 Å². The fraction of sp³-hybridized carbons (Fsp3) is 0.154. The zero-order valence-electron chi connectivity index (χ0n) is 10.3. The Morgan fingerprint density at radius 2 is 1.84 bits per heavy atom. The fourth-order valence-electron chi connectivity index (χ4n) is 1.66. The van der Waals surface area contributed by atoms with Crippen LogP contribution in [-0.4, -0.2) is 21.1 Å². The lowest BCUT2D eigenvalue weighted by molar-refractivity contribution is 0.158. The van der Waals surface area contributed by atoms with E-state index in [1.807, 2.05) is 22.9 Å². The molecule has 100 valence electrons. The molecule has 5 nitrogen and oxygen atoms in total. The number of amides is 1. The molecule has 0 fully saturated rings. The second kappa shape index (κ2) is 5.27. The van der Waals surface area contributed by atoms with Crippen molar-refractivity contribution < 1.29 is 17.9 Å². The second-order valence-corrected chi connectivity index (χ2v) is 5.52. The quantitative estimate of drug-likeness (QED) is 0.935. The molecule has 2 rings (SSSR count). The van der Waals surface area contributed by atoms with Crippen molar-refractivity contribution in [2.75, 3.05) is 6.61 Å². The zero-order valence-corrected chi connectivity index (χ0v) is 11.1. The van der Waals surface area contributed by atoms with Gasteiger partial charge in [0.1, 0.15) is 0 Å². The Morgan fingerprint density at radius 1 is 1.16 bits per heavy atom. The highest BCUT2D eigenvalue weighted by molar-refractivity contribution is 7.90. The lowest BCUT2D eigenvalue weighted by Gasteiger charge is -2.07. The van der Waals surface area contributed by atoms with Gasteiger partial charge in [0.05, 0.1) is 11.5 Å². The Kier molecular flexibility index (Phi) is 3.71. The first kappa shape index (κ1) is 13.4. The van der Waals surface area contributed by atoms with Gasteiger partial charge >= 0.3 is 6.09 Å². The first-order valence-corrected chi connectivity index (χ1v) is 7.19. The van der Waals surface area contributed by atoms with Crippen LogP contribution in [0.1, 0.15) is 6.92 Å². The van der Waals surface area contributed by atoms with E-state index in [1.54, 1.807) is 19.1 Å². The summed E-state index contributed by atoms with van der Waals surface area (Å²) in [4.78, 5) is 11.2. The van der Waals surface area contributed by atoms with Gasteiger partial charge in [-0.15, -0.1) is 0 Å². The van der Waals surface area contributed by atoms with Crippen molar-refractivity contribution in [2.24, 2.45) is 0 Å².